The van der Waals surface area contributed by atoms with Crippen LogP contribution < -0.4 is 14.8 Å². The van der Waals surface area contributed by atoms with E-state index in [9.17, 15) is 4.79 Å². The van der Waals surface area contributed by atoms with E-state index in [1.54, 1.807) is 0 Å². The maximum atomic E-state index is 12.4. The zero-order valence-electron chi connectivity index (χ0n) is 12.7. The minimum Gasteiger partial charge on any atom is -0.494 e. The average molecular weight is 289 g/mol. The highest BCUT2D eigenvalue weighted by atomic mass is 16.5. The second-order valence-electron chi connectivity index (χ2n) is 4.99. The van der Waals surface area contributed by atoms with Gasteiger partial charge in [-0.15, -0.1) is 0 Å². The molecule has 0 heterocycles. The predicted molar refractivity (Wildman–Crippen MR) is 83.9 cm³/mol. The SMILES string of the molecule is CCOc1ccc(OCC)c(NC(=O)C2CC=CCC2)c1. The van der Waals surface area contributed by atoms with Crippen molar-refractivity contribution in [3.8, 4) is 11.5 Å². The second kappa shape index (κ2) is 7.72. The molecule has 1 N–H and O–H groups in total. The van der Waals surface area contributed by atoms with Crippen molar-refractivity contribution in [1.29, 1.82) is 0 Å². The number of hydrogen-bond acceptors (Lipinski definition) is 3. The van der Waals surface area contributed by atoms with Gasteiger partial charge in [0.05, 0.1) is 18.9 Å². The molecule has 0 aromatic heterocycles. The van der Waals surface area contributed by atoms with Crippen molar-refractivity contribution >= 4 is 11.6 Å². The Bertz CT molecular complexity index is 511. The zero-order chi connectivity index (χ0) is 15.1. The van der Waals surface area contributed by atoms with Crippen molar-refractivity contribution < 1.29 is 14.3 Å². The Labute approximate surface area is 126 Å². The highest BCUT2D eigenvalue weighted by Crippen LogP contribution is 2.30. The van der Waals surface area contributed by atoms with E-state index < -0.39 is 0 Å². The number of carbonyl (C=O) groups excluding carboxylic acids is 1. The van der Waals surface area contributed by atoms with Gasteiger partial charge in [-0.3, -0.25) is 4.79 Å². The van der Waals surface area contributed by atoms with E-state index in [0.717, 1.165) is 25.0 Å². The molecule has 0 saturated carbocycles. The number of nitrogens with one attached hydrogen (secondary N) is 1. The van der Waals surface area contributed by atoms with Crippen LogP contribution in [0.15, 0.2) is 30.4 Å². The van der Waals surface area contributed by atoms with Crippen LogP contribution in [0.5, 0.6) is 11.5 Å². The van der Waals surface area contributed by atoms with Crippen LogP contribution in [0.2, 0.25) is 0 Å². The van der Waals surface area contributed by atoms with E-state index in [-0.39, 0.29) is 11.8 Å². The highest BCUT2D eigenvalue weighted by molar-refractivity contribution is 5.94. The van der Waals surface area contributed by atoms with Gasteiger partial charge < -0.3 is 14.8 Å². The molecular weight excluding hydrogens is 266 g/mol. The third kappa shape index (κ3) is 4.25. The smallest absolute Gasteiger partial charge is 0.227 e. The van der Waals surface area contributed by atoms with Crippen molar-refractivity contribution in [2.45, 2.75) is 33.1 Å². The van der Waals surface area contributed by atoms with Crippen LogP contribution in [0, 0.1) is 5.92 Å². The maximum Gasteiger partial charge on any atom is 0.227 e. The normalized spacial score (nSPS) is 17.3. The lowest BCUT2D eigenvalue weighted by atomic mass is 9.93. The number of allylic oxidation sites excluding steroid dienone is 2. The largest absolute Gasteiger partial charge is 0.494 e. The van der Waals surface area contributed by atoms with E-state index in [2.05, 4.69) is 17.5 Å². The number of carbonyl (C=O) groups is 1. The summed E-state index contributed by atoms with van der Waals surface area (Å²) in [6, 6.07) is 5.52. The Balaban J connectivity index is 2.13. The van der Waals surface area contributed by atoms with Crippen LogP contribution in [0.1, 0.15) is 33.1 Å². The lowest BCUT2D eigenvalue weighted by molar-refractivity contribution is -0.120. The van der Waals surface area contributed by atoms with E-state index in [0.29, 0.717) is 24.7 Å². The van der Waals surface area contributed by atoms with Gasteiger partial charge in [-0.25, -0.2) is 0 Å². The molecule has 1 atom stereocenters. The fourth-order valence-electron chi connectivity index (χ4n) is 2.41. The Kier molecular flexibility index (Phi) is 5.67. The molecule has 0 bridgehead atoms. The van der Waals surface area contributed by atoms with Crippen LogP contribution in [0.3, 0.4) is 0 Å². The van der Waals surface area contributed by atoms with Crippen molar-refractivity contribution in [3.63, 3.8) is 0 Å². The van der Waals surface area contributed by atoms with E-state index in [1.807, 2.05) is 32.0 Å². The molecule has 0 spiro atoms. The van der Waals surface area contributed by atoms with Gasteiger partial charge in [-0.1, -0.05) is 12.2 Å². The third-order valence-electron chi connectivity index (χ3n) is 3.46. The van der Waals surface area contributed by atoms with E-state index in [1.165, 1.54) is 0 Å². The molecule has 1 unspecified atom stereocenters. The topological polar surface area (TPSA) is 47.6 Å². The van der Waals surface area contributed by atoms with Crippen LogP contribution in [-0.4, -0.2) is 19.1 Å². The Morgan fingerprint density at radius 1 is 1.24 bits per heavy atom. The molecule has 114 valence electrons. The highest BCUT2D eigenvalue weighted by Gasteiger charge is 2.20. The predicted octanol–water partition coefficient (Wildman–Crippen LogP) is 3.78. The summed E-state index contributed by atoms with van der Waals surface area (Å²) in [4.78, 5) is 12.4. The number of hydrogen-bond donors (Lipinski definition) is 1. The molecule has 1 aliphatic rings. The number of rotatable bonds is 6. The van der Waals surface area contributed by atoms with Crippen molar-refractivity contribution in [1.82, 2.24) is 0 Å². The molecule has 4 nitrogen and oxygen atoms in total. The number of benzene rings is 1. The Morgan fingerprint density at radius 3 is 2.71 bits per heavy atom. The molecular formula is C17H23NO3. The minimum atomic E-state index is 0.0419. The summed E-state index contributed by atoms with van der Waals surface area (Å²) < 4.78 is 11.1. The fraction of sp³-hybridized carbons (Fsp3) is 0.471. The molecule has 0 saturated heterocycles. The number of anilines is 1. The molecule has 0 fully saturated rings. The van der Waals surface area contributed by atoms with Gasteiger partial charge in [0.2, 0.25) is 5.91 Å². The Morgan fingerprint density at radius 2 is 2.05 bits per heavy atom. The number of amides is 1. The summed E-state index contributed by atoms with van der Waals surface area (Å²) in [5, 5.41) is 2.99. The third-order valence-corrected chi connectivity index (χ3v) is 3.46. The molecule has 4 heteroatoms. The molecule has 0 radical (unpaired) electrons. The molecule has 1 aromatic carbocycles. The van der Waals surface area contributed by atoms with Gasteiger partial charge in [-0.2, -0.15) is 0 Å². The monoisotopic (exact) mass is 289 g/mol. The summed E-state index contributed by atoms with van der Waals surface area (Å²) >= 11 is 0. The van der Waals surface area contributed by atoms with Crippen molar-refractivity contribution in [3.05, 3.63) is 30.4 Å². The molecule has 1 aliphatic carbocycles. The maximum absolute atomic E-state index is 12.4. The minimum absolute atomic E-state index is 0.0419. The zero-order valence-corrected chi connectivity index (χ0v) is 12.7. The molecule has 0 aliphatic heterocycles. The van der Waals surface area contributed by atoms with E-state index in [4.69, 9.17) is 9.47 Å². The van der Waals surface area contributed by atoms with Crippen molar-refractivity contribution in [2.75, 3.05) is 18.5 Å². The van der Waals surface area contributed by atoms with Crippen LogP contribution in [-0.2, 0) is 4.79 Å². The summed E-state index contributed by atoms with van der Waals surface area (Å²) in [5.41, 5.74) is 0.683. The molecule has 2 rings (SSSR count). The molecule has 21 heavy (non-hydrogen) atoms. The summed E-state index contributed by atoms with van der Waals surface area (Å²) in [6.07, 6.45) is 6.88. The summed E-state index contributed by atoms with van der Waals surface area (Å²) in [5.74, 6) is 1.51. The Hall–Kier alpha value is -1.97. The van der Waals surface area contributed by atoms with Gasteiger partial charge in [0.1, 0.15) is 11.5 Å². The first-order valence-corrected chi connectivity index (χ1v) is 7.60. The molecule has 1 amide bonds. The van der Waals surface area contributed by atoms with Gasteiger partial charge in [0.25, 0.3) is 0 Å². The van der Waals surface area contributed by atoms with Gasteiger partial charge in [-0.05, 0) is 45.2 Å². The van der Waals surface area contributed by atoms with Gasteiger partial charge in [0, 0.05) is 12.0 Å². The lowest BCUT2D eigenvalue weighted by Gasteiger charge is -2.19. The van der Waals surface area contributed by atoms with Crippen LogP contribution in [0.25, 0.3) is 0 Å². The number of ether oxygens (including phenoxy) is 2. The van der Waals surface area contributed by atoms with Gasteiger partial charge in [0.15, 0.2) is 0 Å². The standard InChI is InChI=1S/C17H23NO3/c1-3-20-14-10-11-16(21-4-2)15(12-14)18-17(19)13-8-6-5-7-9-13/h5-6,10-13H,3-4,7-9H2,1-2H3,(H,18,19). The molecule has 1 aromatic rings. The lowest BCUT2D eigenvalue weighted by Crippen LogP contribution is -2.23. The van der Waals surface area contributed by atoms with E-state index >= 15 is 0 Å². The first-order chi connectivity index (χ1) is 10.2. The first kappa shape index (κ1) is 15.4. The quantitative estimate of drug-likeness (QED) is 0.811. The summed E-state index contributed by atoms with van der Waals surface area (Å²) in [6.45, 7) is 5.01. The van der Waals surface area contributed by atoms with Crippen molar-refractivity contribution in [2.24, 2.45) is 5.92 Å². The first-order valence-electron chi connectivity index (χ1n) is 7.60. The second-order valence-corrected chi connectivity index (χ2v) is 4.99. The van der Waals surface area contributed by atoms with Gasteiger partial charge >= 0.3 is 0 Å². The summed E-state index contributed by atoms with van der Waals surface area (Å²) in [7, 11) is 0. The fourth-order valence-corrected chi connectivity index (χ4v) is 2.41. The average Bonchev–Trinajstić information content (AvgIpc) is 2.51. The van der Waals surface area contributed by atoms with Crippen LogP contribution in [0.4, 0.5) is 5.69 Å². The van der Waals surface area contributed by atoms with Crippen LogP contribution >= 0.6 is 0 Å².